The van der Waals surface area contributed by atoms with E-state index < -0.39 is 31.8 Å². The third-order valence-electron chi connectivity index (χ3n) is 3.30. The molecule has 0 aliphatic heterocycles. The first-order valence-electron chi connectivity index (χ1n) is 7.59. The molecule has 0 aliphatic carbocycles. The molecule has 19 heavy (non-hydrogen) atoms. The third kappa shape index (κ3) is 12.6. The molecule has 0 amide bonds. The summed E-state index contributed by atoms with van der Waals surface area (Å²) >= 11 is 0. The topological polar surface area (TPSA) is 80.9 Å². The molecule has 0 heterocycles. The zero-order chi connectivity index (χ0) is 15.0. The Hall–Kier alpha value is -0.160. The maximum absolute atomic E-state index is 8.50. The van der Waals surface area contributed by atoms with Crippen LogP contribution in [0, 0.1) is 5.41 Å². The maximum atomic E-state index is 8.50. The average molecular weight is 278 g/mol. The van der Waals surface area contributed by atoms with Crippen molar-refractivity contribution in [3.8, 4) is 0 Å². The summed E-state index contributed by atoms with van der Waals surface area (Å²) in [4.78, 5) is 0. The normalized spacial score (nSPS) is 11.1. The second kappa shape index (κ2) is 15.9. The first-order valence-corrected chi connectivity index (χ1v) is 7.59. The Kier molecular flexibility index (Phi) is 17.7. The lowest BCUT2D eigenvalue weighted by Gasteiger charge is -2.23. The standard InChI is InChI=1S/C10H22.C5H12O4/c1-3-5-7-9-10-8-6-4-2;6-1-5(2-7,3-8)4-9/h3-10H2,1-2H3;6-9H,1-4H2. The van der Waals surface area contributed by atoms with E-state index >= 15 is 0 Å². The van der Waals surface area contributed by atoms with E-state index in [4.69, 9.17) is 20.4 Å². The van der Waals surface area contributed by atoms with Gasteiger partial charge in [-0.05, 0) is 0 Å². The lowest BCUT2D eigenvalue weighted by atomic mass is 9.93. The second-order valence-electron chi connectivity index (χ2n) is 5.25. The van der Waals surface area contributed by atoms with E-state index in [0.717, 1.165) is 0 Å². The van der Waals surface area contributed by atoms with E-state index in [9.17, 15) is 0 Å². The molecule has 0 unspecified atom stereocenters. The molecular weight excluding hydrogens is 244 g/mol. The molecule has 0 fully saturated rings. The Balaban J connectivity index is 0. The van der Waals surface area contributed by atoms with Crippen LogP contribution in [-0.2, 0) is 0 Å². The van der Waals surface area contributed by atoms with Crippen molar-refractivity contribution in [3.05, 3.63) is 0 Å². The smallest absolute Gasteiger partial charge is 0.0627 e. The molecule has 0 saturated heterocycles. The van der Waals surface area contributed by atoms with Crippen LogP contribution in [0.5, 0.6) is 0 Å². The quantitative estimate of drug-likeness (QED) is 0.436. The van der Waals surface area contributed by atoms with Crippen molar-refractivity contribution in [1.82, 2.24) is 0 Å². The van der Waals surface area contributed by atoms with E-state index in [-0.39, 0.29) is 0 Å². The number of aliphatic hydroxyl groups is 4. The van der Waals surface area contributed by atoms with Crippen molar-refractivity contribution in [3.63, 3.8) is 0 Å². The fourth-order valence-corrected chi connectivity index (χ4v) is 1.51. The van der Waals surface area contributed by atoms with Crippen LogP contribution in [0.4, 0.5) is 0 Å². The van der Waals surface area contributed by atoms with E-state index in [0.29, 0.717) is 0 Å². The molecule has 0 aromatic heterocycles. The number of hydrogen-bond donors (Lipinski definition) is 4. The lowest BCUT2D eigenvalue weighted by molar-refractivity contribution is -0.0328. The molecule has 0 spiro atoms. The van der Waals surface area contributed by atoms with Gasteiger partial charge >= 0.3 is 0 Å². The second-order valence-corrected chi connectivity index (χ2v) is 5.25. The van der Waals surface area contributed by atoms with Gasteiger partial charge in [0.15, 0.2) is 0 Å². The van der Waals surface area contributed by atoms with E-state index in [1.807, 2.05) is 0 Å². The summed E-state index contributed by atoms with van der Waals surface area (Å²) in [5.74, 6) is 0. The molecule has 4 nitrogen and oxygen atoms in total. The summed E-state index contributed by atoms with van der Waals surface area (Å²) in [7, 11) is 0. The molecule has 4 heteroatoms. The van der Waals surface area contributed by atoms with E-state index in [1.54, 1.807) is 0 Å². The molecule has 0 aliphatic rings. The Morgan fingerprint density at radius 3 is 0.947 bits per heavy atom. The predicted molar refractivity (Wildman–Crippen MR) is 79.1 cm³/mol. The molecular formula is C15H34O4. The summed E-state index contributed by atoms with van der Waals surface area (Å²) in [6.07, 6.45) is 11.5. The van der Waals surface area contributed by atoms with Crippen molar-refractivity contribution >= 4 is 0 Å². The SMILES string of the molecule is CCCCCCCCCC.OCC(CO)(CO)CO. The molecule has 0 atom stereocenters. The molecule has 0 aromatic carbocycles. The van der Waals surface area contributed by atoms with Crippen LogP contribution in [0.25, 0.3) is 0 Å². The van der Waals surface area contributed by atoms with Gasteiger partial charge in [0.25, 0.3) is 0 Å². The summed E-state index contributed by atoms with van der Waals surface area (Å²) in [6.45, 7) is 2.91. The number of hydrogen-bond acceptors (Lipinski definition) is 4. The van der Waals surface area contributed by atoms with Crippen molar-refractivity contribution in [2.75, 3.05) is 26.4 Å². The largest absolute Gasteiger partial charge is 0.396 e. The van der Waals surface area contributed by atoms with Crippen LogP contribution in [-0.4, -0.2) is 46.9 Å². The molecule has 0 bridgehead atoms. The van der Waals surface area contributed by atoms with Gasteiger partial charge in [0.05, 0.1) is 31.8 Å². The van der Waals surface area contributed by atoms with Gasteiger partial charge in [0, 0.05) is 0 Å². The Morgan fingerprint density at radius 1 is 0.526 bits per heavy atom. The summed E-state index contributed by atoms with van der Waals surface area (Å²) < 4.78 is 0. The van der Waals surface area contributed by atoms with Gasteiger partial charge in [0.2, 0.25) is 0 Å². The Morgan fingerprint density at radius 2 is 0.789 bits per heavy atom. The van der Waals surface area contributed by atoms with Crippen LogP contribution in [0.1, 0.15) is 65.2 Å². The Bertz CT molecular complexity index is 133. The Labute approximate surface area is 118 Å². The highest BCUT2D eigenvalue weighted by Gasteiger charge is 2.26. The van der Waals surface area contributed by atoms with Gasteiger partial charge in [-0.3, -0.25) is 0 Å². The molecule has 4 N–H and O–H groups in total. The van der Waals surface area contributed by atoms with Gasteiger partial charge < -0.3 is 20.4 Å². The third-order valence-corrected chi connectivity index (χ3v) is 3.30. The molecule has 0 radical (unpaired) electrons. The molecule has 118 valence electrons. The zero-order valence-electron chi connectivity index (χ0n) is 12.8. The molecule has 0 rings (SSSR count). The van der Waals surface area contributed by atoms with Gasteiger partial charge in [-0.25, -0.2) is 0 Å². The minimum Gasteiger partial charge on any atom is -0.396 e. The van der Waals surface area contributed by atoms with Crippen LogP contribution in [0.3, 0.4) is 0 Å². The number of aliphatic hydroxyl groups excluding tert-OH is 4. The van der Waals surface area contributed by atoms with Crippen molar-refractivity contribution in [2.45, 2.75) is 65.2 Å². The predicted octanol–water partition coefficient (Wildman–Crippen LogP) is 2.09. The summed E-state index contributed by atoms with van der Waals surface area (Å²) in [6, 6.07) is 0. The molecule has 0 saturated carbocycles. The first kappa shape index (κ1) is 21.1. The van der Waals surface area contributed by atoms with Crippen LogP contribution < -0.4 is 0 Å². The van der Waals surface area contributed by atoms with E-state index in [1.165, 1.54) is 51.4 Å². The highest BCUT2D eigenvalue weighted by molar-refractivity contribution is 4.74. The van der Waals surface area contributed by atoms with Gasteiger partial charge in [-0.1, -0.05) is 65.2 Å². The highest BCUT2D eigenvalue weighted by atomic mass is 16.3. The maximum Gasteiger partial charge on any atom is 0.0627 e. The van der Waals surface area contributed by atoms with Crippen LogP contribution in [0.15, 0.2) is 0 Å². The fraction of sp³-hybridized carbons (Fsp3) is 1.00. The molecule has 0 aromatic rings. The fourth-order valence-electron chi connectivity index (χ4n) is 1.51. The van der Waals surface area contributed by atoms with Crippen LogP contribution >= 0.6 is 0 Å². The van der Waals surface area contributed by atoms with Crippen molar-refractivity contribution in [1.29, 1.82) is 0 Å². The first-order chi connectivity index (χ1) is 9.16. The monoisotopic (exact) mass is 278 g/mol. The van der Waals surface area contributed by atoms with Crippen molar-refractivity contribution < 1.29 is 20.4 Å². The number of unbranched alkanes of at least 4 members (excludes halogenated alkanes) is 7. The van der Waals surface area contributed by atoms with E-state index in [2.05, 4.69) is 13.8 Å². The lowest BCUT2D eigenvalue weighted by Crippen LogP contribution is -2.37. The highest BCUT2D eigenvalue weighted by Crippen LogP contribution is 2.11. The average Bonchev–Trinajstić information content (AvgIpc) is 2.47. The van der Waals surface area contributed by atoms with Gasteiger partial charge in [0.1, 0.15) is 0 Å². The van der Waals surface area contributed by atoms with Crippen LogP contribution in [0.2, 0.25) is 0 Å². The van der Waals surface area contributed by atoms with Gasteiger partial charge in [-0.2, -0.15) is 0 Å². The number of rotatable bonds is 11. The summed E-state index contributed by atoms with van der Waals surface area (Å²) in [5, 5.41) is 34.0. The minimum atomic E-state index is -1.11. The van der Waals surface area contributed by atoms with Crippen molar-refractivity contribution in [2.24, 2.45) is 5.41 Å². The zero-order valence-corrected chi connectivity index (χ0v) is 12.8. The summed E-state index contributed by atoms with van der Waals surface area (Å²) in [5.41, 5.74) is -1.11. The minimum absolute atomic E-state index is 0.406. The van der Waals surface area contributed by atoms with Gasteiger partial charge in [-0.15, -0.1) is 0 Å².